The number of ether oxygens (including phenoxy) is 1. The van der Waals surface area contributed by atoms with Crippen molar-refractivity contribution in [2.24, 2.45) is 5.41 Å². The summed E-state index contributed by atoms with van der Waals surface area (Å²) in [7, 11) is 3.21. The molecule has 0 bridgehead atoms. The lowest BCUT2D eigenvalue weighted by Gasteiger charge is -2.48. The van der Waals surface area contributed by atoms with Crippen molar-refractivity contribution in [3.63, 3.8) is 0 Å². The first-order valence-electron chi connectivity index (χ1n) is 6.29. The maximum absolute atomic E-state index is 12.3. The predicted octanol–water partition coefficient (Wildman–Crippen LogP) is 2.49. The lowest BCUT2D eigenvalue weighted by Crippen LogP contribution is -2.57. The van der Waals surface area contributed by atoms with Gasteiger partial charge in [-0.2, -0.15) is 5.06 Å². The fraction of sp³-hybridized carbons (Fsp3) is 0.500. The van der Waals surface area contributed by atoms with Gasteiger partial charge in [-0.25, -0.2) is 0 Å². The molecule has 0 unspecified atom stereocenters. The number of hydrogen-bond donors (Lipinski definition) is 0. The highest BCUT2D eigenvalue weighted by atomic mass is 35.5. The number of hydroxylamine groups is 2. The SMILES string of the molecule is COC(=O)[C@]12CC[C@@]1(Cl)ON(C)[C@H]2c1ccccc1. The second-order valence-electron chi connectivity index (χ2n) is 5.14. The quantitative estimate of drug-likeness (QED) is 0.617. The third kappa shape index (κ3) is 1.51. The molecule has 0 amide bonds. The molecule has 0 aromatic heterocycles. The smallest absolute Gasteiger partial charge is 0.318 e. The first-order chi connectivity index (χ1) is 9.05. The molecule has 2 aliphatic rings. The number of rotatable bonds is 2. The molecule has 102 valence electrons. The fourth-order valence-electron chi connectivity index (χ4n) is 3.33. The average molecular weight is 282 g/mol. The highest BCUT2D eigenvalue weighted by Crippen LogP contribution is 2.67. The van der Waals surface area contributed by atoms with Gasteiger partial charge in [0.2, 0.25) is 0 Å². The Morgan fingerprint density at radius 1 is 1.42 bits per heavy atom. The van der Waals surface area contributed by atoms with E-state index in [2.05, 4.69) is 0 Å². The Kier molecular flexibility index (Phi) is 2.85. The van der Waals surface area contributed by atoms with Crippen molar-refractivity contribution in [2.45, 2.75) is 23.9 Å². The first-order valence-corrected chi connectivity index (χ1v) is 6.67. The van der Waals surface area contributed by atoms with Crippen molar-refractivity contribution in [3.05, 3.63) is 35.9 Å². The standard InChI is InChI=1S/C14H16ClNO3/c1-16-11(10-6-4-3-5-7-10)13(12(17)18-2)8-9-14(13,15)19-16/h3-7,11H,8-9H2,1-2H3/t11-,13+,14+/m0/s1. The predicted molar refractivity (Wildman–Crippen MR) is 70.3 cm³/mol. The van der Waals surface area contributed by atoms with Gasteiger partial charge in [0.15, 0.2) is 5.06 Å². The number of halogens is 1. The van der Waals surface area contributed by atoms with Crippen molar-refractivity contribution in [1.82, 2.24) is 5.06 Å². The maximum Gasteiger partial charge on any atom is 0.318 e. The fourth-order valence-corrected chi connectivity index (χ4v) is 3.81. The van der Waals surface area contributed by atoms with E-state index in [1.807, 2.05) is 37.4 Å². The monoisotopic (exact) mass is 281 g/mol. The molecular weight excluding hydrogens is 266 g/mol. The zero-order valence-corrected chi connectivity index (χ0v) is 11.7. The van der Waals surface area contributed by atoms with Crippen molar-refractivity contribution in [2.75, 3.05) is 14.2 Å². The van der Waals surface area contributed by atoms with E-state index in [4.69, 9.17) is 21.2 Å². The van der Waals surface area contributed by atoms with Gasteiger partial charge in [-0.3, -0.25) is 9.63 Å². The van der Waals surface area contributed by atoms with E-state index in [1.54, 1.807) is 5.06 Å². The highest BCUT2D eigenvalue weighted by Gasteiger charge is 2.75. The summed E-state index contributed by atoms with van der Waals surface area (Å²) in [5.41, 5.74) is 0.192. The zero-order valence-electron chi connectivity index (χ0n) is 10.9. The largest absolute Gasteiger partial charge is 0.468 e. The van der Waals surface area contributed by atoms with Gasteiger partial charge in [-0.05, 0) is 18.4 Å². The third-order valence-electron chi connectivity index (χ3n) is 4.29. The van der Waals surface area contributed by atoms with Gasteiger partial charge in [0, 0.05) is 7.05 Å². The molecule has 3 rings (SSSR count). The first kappa shape index (κ1) is 12.9. The van der Waals surface area contributed by atoms with Crippen LogP contribution in [-0.4, -0.2) is 30.3 Å². The minimum Gasteiger partial charge on any atom is -0.468 e. The minimum absolute atomic E-state index is 0.215. The van der Waals surface area contributed by atoms with Crippen LogP contribution in [0.3, 0.4) is 0 Å². The molecule has 1 aliphatic heterocycles. The summed E-state index contributed by atoms with van der Waals surface area (Å²) in [6, 6.07) is 9.58. The molecule has 3 atom stereocenters. The zero-order chi connectivity index (χ0) is 13.7. The summed E-state index contributed by atoms with van der Waals surface area (Å²) < 4.78 is 4.99. The van der Waals surface area contributed by atoms with Crippen LogP contribution < -0.4 is 0 Å². The van der Waals surface area contributed by atoms with Crippen molar-refractivity contribution in [3.8, 4) is 0 Å². The second kappa shape index (κ2) is 4.20. The summed E-state index contributed by atoms with van der Waals surface area (Å²) in [6.07, 6.45) is 1.32. The van der Waals surface area contributed by atoms with E-state index in [-0.39, 0.29) is 12.0 Å². The van der Waals surface area contributed by atoms with Gasteiger partial charge < -0.3 is 4.74 Å². The molecule has 1 aliphatic carbocycles. The molecule has 5 heteroatoms. The van der Waals surface area contributed by atoms with Crippen molar-refractivity contribution in [1.29, 1.82) is 0 Å². The van der Waals surface area contributed by atoms with Crippen LogP contribution in [0.15, 0.2) is 30.3 Å². The average Bonchev–Trinajstić information content (AvgIpc) is 2.57. The molecule has 1 saturated heterocycles. The van der Waals surface area contributed by atoms with Gasteiger partial charge >= 0.3 is 5.97 Å². The Hall–Kier alpha value is -1.10. The number of carbonyl (C=O) groups excluding carboxylic acids is 1. The van der Waals surface area contributed by atoms with Crippen LogP contribution in [0.5, 0.6) is 0 Å². The van der Waals surface area contributed by atoms with E-state index in [9.17, 15) is 4.79 Å². The molecule has 1 aromatic carbocycles. The normalized spacial score (nSPS) is 37.5. The number of benzene rings is 1. The van der Waals surface area contributed by atoms with Gasteiger partial charge in [-0.1, -0.05) is 41.9 Å². The number of hydrogen-bond acceptors (Lipinski definition) is 4. The highest BCUT2D eigenvalue weighted by molar-refractivity contribution is 6.26. The Labute approximate surface area is 117 Å². The molecule has 0 spiro atoms. The Balaban J connectivity index is 2.09. The second-order valence-corrected chi connectivity index (χ2v) is 5.75. The molecular formula is C14H16ClNO3. The molecule has 2 fully saturated rings. The van der Waals surface area contributed by atoms with Crippen LogP contribution in [-0.2, 0) is 14.4 Å². The maximum atomic E-state index is 12.3. The van der Waals surface area contributed by atoms with E-state index >= 15 is 0 Å². The van der Waals surface area contributed by atoms with Gasteiger partial charge in [0.05, 0.1) is 13.2 Å². The lowest BCUT2D eigenvalue weighted by atomic mass is 9.60. The van der Waals surface area contributed by atoms with E-state index in [0.29, 0.717) is 12.8 Å². The molecule has 1 saturated carbocycles. The lowest BCUT2D eigenvalue weighted by molar-refractivity contribution is -0.193. The van der Waals surface area contributed by atoms with Gasteiger partial charge in [0.1, 0.15) is 5.41 Å². The summed E-state index contributed by atoms with van der Waals surface area (Å²) >= 11 is 6.51. The summed E-state index contributed by atoms with van der Waals surface area (Å²) in [5, 5.41) is 0.710. The van der Waals surface area contributed by atoms with Crippen LogP contribution >= 0.6 is 11.6 Å². The number of carbonyl (C=O) groups is 1. The van der Waals surface area contributed by atoms with Crippen LogP contribution in [0, 0.1) is 5.41 Å². The summed E-state index contributed by atoms with van der Waals surface area (Å²) in [6.45, 7) is 0. The topological polar surface area (TPSA) is 38.8 Å². The van der Waals surface area contributed by atoms with Crippen LogP contribution in [0.4, 0.5) is 0 Å². The molecule has 0 N–H and O–H groups in total. The molecule has 0 radical (unpaired) electrons. The number of methoxy groups -OCH3 is 1. The van der Waals surface area contributed by atoms with Crippen LogP contribution in [0.1, 0.15) is 24.4 Å². The molecule has 19 heavy (non-hydrogen) atoms. The van der Waals surface area contributed by atoms with Gasteiger partial charge in [0.25, 0.3) is 0 Å². The Morgan fingerprint density at radius 3 is 2.63 bits per heavy atom. The molecule has 1 heterocycles. The molecule has 1 aromatic rings. The Bertz CT molecular complexity index is 509. The van der Waals surface area contributed by atoms with Crippen LogP contribution in [0.2, 0.25) is 0 Å². The van der Waals surface area contributed by atoms with Crippen LogP contribution in [0.25, 0.3) is 0 Å². The van der Waals surface area contributed by atoms with E-state index in [0.717, 1.165) is 5.56 Å². The third-order valence-corrected chi connectivity index (χ3v) is 4.89. The number of esters is 1. The number of alkyl halides is 1. The van der Waals surface area contributed by atoms with Crippen molar-refractivity contribution >= 4 is 17.6 Å². The number of fused-ring (bicyclic) bond motifs is 1. The summed E-state index contributed by atoms with van der Waals surface area (Å²) in [5.74, 6) is -0.299. The van der Waals surface area contributed by atoms with E-state index in [1.165, 1.54) is 7.11 Å². The minimum atomic E-state index is -0.977. The Morgan fingerprint density at radius 2 is 2.11 bits per heavy atom. The van der Waals surface area contributed by atoms with E-state index < -0.39 is 10.5 Å². The number of nitrogens with zero attached hydrogens (tertiary/aromatic N) is 1. The molecule has 4 nitrogen and oxygen atoms in total. The van der Waals surface area contributed by atoms with Gasteiger partial charge in [-0.15, -0.1) is 0 Å². The van der Waals surface area contributed by atoms with Crippen molar-refractivity contribution < 1.29 is 14.4 Å². The summed E-state index contributed by atoms with van der Waals surface area (Å²) in [4.78, 5) is 18.1.